The number of anilines is 1. The van der Waals surface area contributed by atoms with Gasteiger partial charge in [0, 0.05) is 23.7 Å². The predicted molar refractivity (Wildman–Crippen MR) is 86.3 cm³/mol. The second-order valence-electron chi connectivity index (χ2n) is 4.70. The first-order chi connectivity index (χ1) is 9.74. The molecule has 2 nitrogen and oxygen atoms in total. The zero-order chi connectivity index (χ0) is 13.9. The van der Waals surface area contributed by atoms with E-state index >= 15 is 0 Å². The van der Waals surface area contributed by atoms with Crippen molar-refractivity contribution in [3.8, 4) is 0 Å². The van der Waals surface area contributed by atoms with Crippen molar-refractivity contribution in [3.63, 3.8) is 0 Å². The Balaban J connectivity index is 1.74. The maximum absolute atomic E-state index is 5.91. The van der Waals surface area contributed by atoms with Gasteiger partial charge in [-0.05, 0) is 42.0 Å². The van der Waals surface area contributed by atoms with Gasteiger partial charge in [-0.25, -0.2) is 0 Å². The van der Waals surface area contributed by atoms with Gasteiger partial charge in [0.2, 0.25) is 0 Å². The second-order valence-corrected chi connectivity index (χ2v) is 5.49. The summed E-state index contributed by atoms with van der Waals surface area (Å²) in [5.41, 5.74) is 2.19. The number of hydrogen-bond acceptors (Lipinski definition) is 2. The van der Waals surface area contributed by atoms with E-state index in [0.29, 0.717) is 5.17 Å². The summed E-state index contributed by atoms with van der Waals surface area (Å²) in [6.45, 7) is 0.857. The molecule has 1 fully saturated rings. The molecule has 4 heteroatoms. The fourth-order valence-corrected chi connectivity index (χ4v) is 2.78. The lowest BCUT2D eigenvalue weighted by molar-refractivity contribution is 0.166. The van der Waals surface area contributed by atoms with E-state index < -0.39 is 0 Å². The third-order valence-electron chi connectivity index (χ3n) is 3.39. The SMILES string of the molecule is S=C1OC(c2ccc(Cl)cc2)CCN1c1ccccc1. The van der Waals surface area contributed by atoms with E-state index in [2.05, 4.69) is 0 Å². The van der Waals surface area contributed by atoms with Crippen LogP contribution in [0.3, 0.4) is 0 Å². The van der Waals surface area contributed by atoms with Crippen LogP contribution in [0.25, 0.3) is 0 Å². The van der Waals surface area contributed by atoms with Gasteiger partial charge < -0.3 is 9.64 Å². The molecule has 1 saturated heterocycles. The number of benzene rings is 2. The van der Waals surface area contributed by atoms with Gasteiger partial charge in [-0.15, -0.1) is 0 Å². The van der Waals surface area contributed by atoms with Gasteiger partial charge >= 0.3 is 0 Å². The lowest BCUT2D eigenvalue weighted by Gasteiger charge is -2.34. The number of nitrogens with zero attached hydrogens (tertiary/aromatic N) is 1. The lowest BCUT2D eigenvalue weighted by Crippen LogP contribution is -2.38. The maximum atomic E-state index is 5.91. The summed E-state index contributed by atoms with van der Waals surface area (Å²) in [4.78, 5) is 2.03. The highest BCUT2D eigenvalue weighted by Gasteiger charge is 2.26. The van der Waals surface area contributed by atoms with Gasteiger partial charge in [0.1, 0.15) is 6.10 Å². The van der Waals surface area contributed by atoms with E-state index in [-0.39, 0.29) is 6.10 Å². The molecule has 0 amide bonds. The quantitative estimate of drug-likeness (QED) is 0.753. The van der Waals surface area contributed by atoms with E-state index in [4.69, 9.17) is 28.6 Å². The van der Waals surface area contributed by atoms with Crippen LogP contribution in [0.1, 0.15) is 18.1 Å². The fraction of sp³-hybridized carbons (Fsp3) is 0.188. The Morgan fingerprint density at radius 1 is 1.05 bits per heavy atom. The molecule has 3 rings (SSSR count). The summed E-state index contributed by atoms with van der Waals surface area (Å²) >= 11 is 11.3. The first-order valence-corrected chi connectivity index (χ1v) is 7.31. The number of rotatable bonds is 2. The molecule has 1 unspecified atom stereocenters. The van der Waals surface area contributed by atoms with Crippen LogP contribution in [0, 0.1) is 0 Å². The largest absolute Gasteiger partial charge is 0.462 e. The average Bonchev–Trinajstić information content (AvgIpc) is 2.49. The fourth-order valence-electron chi connectivity index (χ4n) is 2.34. The zero-order valence-corrected chi connectivity index (χ0v) is 12.4. The van der Waals surface area contributed by atoms with E-state index in [1.165, 1.54) is 0 Å². The van der Waals surface area contributed by atoms with Crippen molar-refractivity contribution >= 4 is 34.7 Å². The van der Waals surface area contributed by atoms with Crippen LogP contribution in [-0.2, 0) is 4.74 Å². The smallest absolute Gasteiger partial charge is 0.264 e. The van der Waals surface area contributed by atoms with Gasteiger partial charge in [-0.2, -0.15) is 0 Å². The summed E-state index contributed by atoms with van der Waals surface area (Å²) < 4.78 is 5.89. The highest BCUT2D eigenvalue weighted by atomic mass is 35.5. The van der Waals surface area contributed by atoms with E-state index in [1.54, 1.807) is 0 Å². The molecule has 2 aromatic carbocycles. The summed E-state index contributed by atoms with van der Waals surface area (Å²) in [5.74, 6) is 0. The van der Waals surface area contributed by atoms with Crippen molar-refractivity contribution in [2.24, 2.45) is 0 Å². The molecule has 1 heterocycles. The van der Waals surface area contributed by atoms with Gasteiger partial charge in [-0.1, -0.05) is 41.9 Å². The lowest BCUT2D eigenvalue weighted by atomic mass is 10.1. The van der Waals surface area contributed by atoms with Crippen molar-refractivity contribution < 1.29 is 4.74 Å². The minimum atomic E-state index is 0.0136. The van der Waals surface area contributed by atoms with Crippen LogP contribution in [0.2, 0.25) is 5.02 Å². The van der Waals surface area contributed by atoms with Crippen molar-refractivity contribution in [1.29, 1.82) is 0 Å². The van der Waals surface area contributed by atoms with Crippen molar-refractivity contribution in [1.82, 2.24) is 0 Å². The first-order valence-electron chi connectivity index (χ1n) is 6.53. The molecular weight excluding hydrogens is 290 g/mol. The van der Waals surface area contributed by atoms with E-state index in [9.17, 15) is 0 Å². The Labute approximate surface area is 128 Å². The van der Waals surface area contributed by atoms with Gasteiger partial charge in [0.05, 0.1) is 0 Å². The van der Waals surface area contributed by atoms with Gasteiger partial charge in [0.25, 0.3) is 5.17 Å². The van der Waals surface area contributed by atoms with Gasteiger partial charge in [0.15, 0.2) is 0 Å². The Bertz CT molecular complexity index is 600. The molecule has 1 aliphatic heterocycles. The minimum Gasteiger partial charge on any atom is -0.462 e. The Morgan fingerprint density at radius 2 is 1.75 bits per heavy atom. The summed E-state index contributed by atoms with van der Waals surface area (Å²) in [6, 6.07) is 17.8. The highest BCUT2D eigenvalue weighted by molar-refractivity contribution is 7.80. The maximum Gasteiger partial charge on any atom is 0.264 e. The second kappa shape index (κ2) is 5.81. The first kappa shape index (κ1) is 13.4. The van der Waals surface area contributed by atoms with Crippen LogP contribution in [0.15, 0.2) is 54.6 Å². The molecule has 0 saturated carbocycles. The molecule has 1 aliphatic rings. The number of para-hydroxylation sites is 1. The van der Waals surface area contributed by atoms with Crippen LogP contribution < -0.4 is 4.90 Å². The van der Waals surface area contributed by atoms with Crippen molar-refractivity contribution in [2.45, 2.75) is 12.5 Å². The molecule has 102 valence electrons. The molecule has 20 heavy (non-hydrogen) atoms. The number of hydrogen-bond donors (Lipinski definition) is 0. The normalized spacial score (nSPS) is 18.8. The van der Waals surface area contributed by atoms with Gasteiger partial charge in [-0.3, -0.25) is 0 Å². The van der Waals surface area contributed by atoms with Crippen molar-refractivity contribution in [2.75, 3.05) is 11.4 Å². The molecule has 0 aliphatic carbocycles. The number of thiocarbonyl (C=S) groups is 1. The predicted octanol–water partition coefficient (Wildman–Crippen LogP) is 4.59. The van der Waals surface area contributed by atoms with Crippen LogP contribution >= 0.6 is 23.8 Å². The molecule has 1 atom stereocenters. The van der Waals surface area contributed by atoms with E-state index in [1.807, 2.05) is 59.5 Å². The molecule has 0 N–H and O–H groups in total. The third kappa shape index (κ3) is 2.79. The average molecular weight is 304 g/mol. The van der Waals surface area contributed by atoms with E-state index in [0.717, 1.165) is 29.2 Å². The number of halogens is 1. The number of ether oxygens (including phenoxy) is 1. The molecule has 0 spiro atoms. The Morgan fingerprint density at radius 3 is 2.40 bits per heavy atom. The third-order valence-corrected chi connectivity index (χ3v) is 3.96. The summed E-state index contributed by atoms with van der Waals surface area (Å²) in [5, 5.41) is 1.26. The summed E-state index contributed by atoms with van der Waals surface area (Å²) in [7, 11) is 0. The molecule has 0 bridgehead atoms. The monoisotopic (exact) mass is 303 g/mol. The Kier molecular flexibility index (Phi) is 3.90. The standard InChI is InChI=1S/C16H14ClNOS/c17-13-8-6-12(7-9-13)15-10-11-18(16(20)19-15)14-4-2-1-3-5-14/h1-9,15H,10-11H2. The minimum absolute atomic E-state index is 0.0136. The highest BCUT2D eigenvalue weighted by Crippen LogP contribution is 2.30. The Hall–Kier alpha value is -1.58. The molecule has 0 aromatic heterocycles. The summed E-state index contributed by atoms with van der Waals surface area (Å²) in [6.07, 6.45) is 0.913. The van der Waals surface area contributed by atoms with Crippen LogP contribution in [0.5, 0.6) is 0 Å². The zero-order valence-electron chi connectivity index (χ0n) is 10.8. The molecule has 2 aromatic rings. The molecule has 0 radical (unpaired) electrons. The topological polar surface area (TPSA) is 12.5 Å². The van der Waals surface area contributed by atoms with Crippen LogP contribution in [0.4, 0.5) is 5.69 Å². The molecular formula is C16H14ClNOS. The van der Waals surface area contributed by atoms with Crippen molar-refractivity contribution in [3.05, 3.63) is 65.2 Å². The van der Waals surface area contributed by atoms with Crippen LogP contribution in [-0.4, -0.2) is 11.7 Å².